The van der Waals surface area contributed by atoms with Gasteiger partial charge >= 0.3 is 0 Å². The van der Waals surface area contributed by atoms with E-state index in [9.17, 15) is 8.42 Å². The van der Waals surface area contributed by atoms with Gasteiger partial charge in [-0.1, -0.05) is 25.1 Å². The van der Waals surface area contributed by atoms with E-state index >= 15 is 0 Å². The molecule has 0 saturated heterocycles. The van der Waals surface area contributed by atoms with E-state index in [2.05, 4.69) is 17.2 Å². The predicted molar refractivity (Wildman–Crippen MR) is 82.5 cm³/mol. The van der Waals surface area contributed by atoms with Gasteiger partial charge in [0.15, 0.2) is 0 Å². The zero-order chi connectivity index (χ0) is 14.6. The Bertz CT molecular complexity index is 678. The molecule has 0 fully saturated rings. The van der Waals surface area contributed by atoms with Gasteiger partial charge in [-0.2, -0.15) is 0 Å². The average molecular weight is 292 g/mol. The molecule has 2 rings (SSSR count). The fourth-order valence-corrected chi connectivity index (χ4v) is 3.22. The number of fused-ring (bicyclic) bond motifs is 1. The molecular weight excluding hydrogens is 272 g/mol. The van der Waals surface area contributed by atoms with Crippen LogP contribution in [0.3, 0.4) is 0 Å². The molecule has 0 saturated carbocycles. The maximum Gasteiger partial charge on any atom is 0.149 e. The zero-order valence-electron chi connectivity index (χ0n) is 11.8. The second-order valence-electron chi connectivity index (χ2n) is 5.04. The van der Waals surface area contributed by atoms with Crippen LogP contribution in [0.25, 0.3) is 10.8 Å². The highest BCUT2D eigenvalue weighted by atomic mass is 32.2. The van der Waals surface area contributed by atoms with Crippen molar-refractivity contribution >= 4 is 20.6 Å². The van der Waals surface area contributed by atoms with Crippen molar-refractivity contribution in [2.45, 2.75) is 19.4 Å². The minimum Gasteiger partial charge on any atom is -0.309 e. The average Bonchev–Trinajstić information content (AvgIpc) is 2.41. The molecule has 0 aliphatic rings. The Labute approximate surface area is 120 Å². The molecule has 0 radical (unpaired) electrons. The largest absolute Gasteiger partial charge is 0.309 e. The molecule has 2 aromatic rings. The van der Waals surface area contributed by atoms with Crippen LogP contribution in [-0.2, 0) is 9.84 Å². The van der Waals surface area contributed by atoms with Gasteiger partial charge in [0.05, 0.1) is 5.75 Å². The number of rotatable bonds is 6. The first kappa shape index (κ1) is 14.9. The van der Waals surface area contributed by atoms with Gasteiger partial charge in [-0.15, -0.1) is 0 Å². The Kier molecular flexibility index (Phi) is 4.73. The number of benzene rings is 1. The topological polar surface area (TPSA) is 59.1 Å². The van der Waals surface area contributed by atoms with Crippen LogP contribution in [-0.4, -0.2) is 32.0 Å². The summed E-state index contributed by atoms with van der Waals surface area (Å²) in [5.41, 5.74) is 0.995. The Balaban J connectivity index is 2.44. The highest BCUT2D eigenvalue weighted by molar-refractivity contribution is 7.90. The van der Waals surface area contributed by atoms with Gasteiger partial charge in [-0.05, 0) is 30.0 Å². The summed E-state index contributed by atoms with van der Waals surface area (Å²) in [7, 11) is -3.05. The van der Waals surface area contributed by atoms with Crippen molar-refractivity contribution in [2.24, 2.45) is 0 Å². The van der Waals surface area contributed by atoms with E-state index in [4.69, 9.17) is 0 Å². The summed E-state index contributed by atoms with van der Waals surface area (Å²) in [6.07, 6.45) is 5.78. The fraction of sp³-hybridized carbons (Fsp3) is 0.400. The molecule has 0 bridgehead atoms. The summed E-state index contributed by atoms with van der Waals surface area (Å²) in [5.74, 6) is 0.0982. The molecule has 0 spiro atoms. The van der Waals surface area contributed by atoms with Gasteiger partial charge in [-0.3, -0.25) is 4.98 Å². The maximum atomic E-state index is 11.7. The van der Waals surface area contributed by atoms with Crippen LogP contribution in [0, 0.1) is 0 Å². The van der Waals surface area contributed by atoms with Crippen molar-refractivity contribution in [3.63, 3.8) is 0 Å². The number of nitrogens with one attached hydrogen (secondary N) is 1. The molecule has 1 N–H and O–H groups in total. The summed E-state index contributed by atoms with van der Waals surface area (Å²) < 4.78 is 23.3. The fourth-order valence-electron chi connectivity index (χ4n) is 2.32. The standard InChI is InChI=1S/C15H20N2O2S/c1-3-8-17-15(11-20(2,18)19)13-6-4-5-12-7-9-16-10-14(12)13/h4-7,9-10,15,17H,3,8,11H2,1-2H3. The lowest BCUT2D eigenvalue weighted by Crippen LogP contribution is -2.28. The molecular formula is C15H20N2O2S. The van der Waals surface area contributed by atoms with Gasteiger partial charge in [0, 0.05) is 30.1 Å². The van der Waals surface area contributed by atoms with Crippen molar-refractivity contribution in [2.75, 3.05) is 18.6 Å². The molecule has 4 nitrogen and oxygen atoms in total. The van der Waals surface area contributed by atoms with Crippen molar-refractivity contribution in [1.82, 2.24) is 10.3 Å². The molecule has 5 heteroatoms. The van der Waals surface area contributed by atoms with E-state index in [-0.39, 0.29) is 11.8 Å². The van der Waals surface area contributed by atoms with Crippen LogP contribution in [0.5, 0.6) is 0 Å². The molecule has 1 aromatic carbocycles. The highest BCUT2D eigenvalue weighted by Crippen LogP contribution is 2.24. The Morgan fingerprint density at radius 2 is 2.10 bits per heavy atom. The third-order valence-electron chi connectivity index (χ3n) is 3.20. The van der Waals surface area contributed by atoms with Crippen molar-refractivity contribution in [1.29, 1.82) is 0 Å². The summed E-state index contributed by atoms with van der Waals surface area (Å²) in [5, 5.41) is 5.41. The first-order valence-corrected chi connectivity index (χ1v) is 8.81. The Morgan fingerprint density at radius 1 is 1.30 bits per heavy atom. The number of pyridine rings is 1. The molecule has 1 heterocycles. The number of sulfone groups is 1. The van der Waals surface area contributed by atoms with Gasteiger partial charge in [-0.25, -0.2) is 8.42 Å². The summed E-state index contributed by atoms with van der Waals surface area (Å²) >= 11 is 0. The molecule has 1 aromatic heterocycles. The number of nitrogens with zero attached hydrogens (tertiary/aromatic N) is 1. The van der Waals surface area contributed by atoms with Crippen molar-refractivity contribution < 1.29 is 8.42 Å². The Morgan fingerprint density at radius 3 is 2.80 bits per heavy atom. The lowest BCUT2D eigenvalue weighted by molar-refractivity contribution is 0.551. The summed E-state index contributed by atoms with van der Waals surface area (Å²) in [4.78, 5) is 4.16. The second-order valence-corrected chi connectivity index (χ2v) is 7.23. The molecule has 1 unspecified atom stereocenters. The quantitative estimate of drug-likeness (QED) is 0.887. The summed E-state index contributed by atoms with van der Waals surface area (Å²) in [6.45, 7) is 2.85. The highest BCUT2D eigenvalue weighted by Gasteiger charge is 2.18. The zero-order valence-corrected chi connectivity index (χ0v) is 12.7. The van der Waals surface area contributed by atoms with E-state index in [0.29, 0.717) is 0 Å². The van der Waals surface area contributed by atoms with E-state index < -0.39 is 9.84 Å². The van der Waals surface area contributed by atoms with Gasteiger partial charge < -0.3 is 5.32 Å². The third kappa shape index (κ3) is 3.77. The normalized spacial score (nSPS) is 13.5. The third-order valence-corrected chi connectivity index (χ3v) is 4.14. The molecule has 1 atom stereocenters. The van der Waals surface area contributed by atoms with Crippen molar-refractivity contribution in [3.8, 4) is 0 Å². The van der Waals surface area contributed by atoms with Crippen LogP contribution < -0.4 is 5.32 Å². The lowest BCUT2D eigenvalue weighted by atomic mass is 10.0. The molecule has 0 amide bonds. The predicted octanol–water partition coefficient (Wildman–Crippen LogP) is 2.32. The molecule has 108 valence electrons. The van der Waals surface area contributed by atoms with Gasteiger partial charge in [0.1, 0.15) is 9.84 Å². The number of aromatic nitrogens is 1. The van der Waals surface area contributed by atoms with E-state index in [1.807, 2.05) is 24.3 Å². The van der Waals surface area contributed by atoms with E-state index in [1.54, 1.807) is 12.4 Å². The minimum absolute atomic E-state index is 0.0982. The van der Waals surface area contributed by atoms with Gasteiger partial charge in [0.2, 0.25) is 0 Å². The van der Waals surface area contributed by atoms with Crippen molar-refractivity contribution in [3.05, 3.63) is 42.2 Å². The summed E-state index contributed by atoms with van der Waals surface area (Å²) in [6, 6.07) is 7.69. The maximum absolute atomic E-state index is 11.7. The Hall–Kier alpha value is -1.46. The van der Waals surface area contributed by atoms with E-state index in [0.717, 1.165) is 29.3 Å². The SMILES string of the molecule is CCCNC(CS(C)(=O)=O)c1cccc2ccncc12. The van der Waals surface area contributed by atoms with Crippen LogP contribution in [0.1, 0.15) is 24.9 Å². The molecule has 0 aliphatic carbocycles. The van der Waals surface area contributed by atoms with Crippen LogP contribution in [0.4, 0.5) is 0 Å². The first-order chi connectivity index (χ1) is 9.51. The molecule has 0 aliphatic heterocycles. The molecule has 20 heavy (non-hydrogen) atoms. The van der Waals surface area contributed by atoms with Crippen LogP contribution in [0.15, 0.2) is 36.7 Å². The van der Waals surface area contributed by atoms with Crippen LogP contribution in [0.2, 0.25) is 0 Å². The monoisotopic (exact) mass is 292 g/mol. The number of hydrogen-bond acceptors (Lipinski definition) is 4. The van der Waals surface area contributed by atoms with Gasteiger partial charge in [0.25, 0.3) is 0 Å². The van der Waals surface area contributed by atoms with Crippen LogP contribution >= 0.6 is 0 Å². The smallest absolute Gasteiger partial charge is 0.149 e. The second kappa shape index (κ2) is 6.33. The minimum atomic E-state index is -3.05. The first-order valence-electron chi connectivity index (χ1n) is 6.75. The lowest BCUT2D eigenvalue weighted by Gasteiger charge is -2.19. The number of hydrogen-bond donors (Lipinski definition) is 1. The van der Waals surface area contributed by atoms with E-state index in [1.165, 1.54) is 6.26 Å².